The Bertz CT molecular complexity index is 432. The van der Waals surface area contributed by atoms with Crippen molar-refractivity contribution in [2.75, 3.05) is 5.32 Å². The highest BCUT2D eigenvalue weighted by Crippen LogP contribution is 2.48. The van der Waals surface area contributed by atoms with Gasteiger partial charge in [0.25, 0.3) is 5.17 Å². The molecule has 1 spiro atoms. The number of nitrogens with one attached hydrogen (secondary N) is 1. The molecular weight excluding hydrogens is 238 g/mol. The van der Waals surface area contributed by atoms with Crippen LogP contribution >= 0.6 is 23.6 Å². The summed E-state index contributed by atoms with van der Waals surface area (Å²) in [6.07, 6.45) is 6.04. The van der Waals surface area contributed by atoms with Gasteiger partial charge in [-0.05, 0) is 50.9 Å². The minimum Gasteiger partial charge on any atom is -0.459 e. The molecule has 0 atom stereocenters. The van der Waals surface area contributed by atoms with Gasteiger partial charge in [0.2, 0.25) is 0 Å². The Kier molecular flexibility index (Phi) is 2.44. The first-order valence-electron chi connectivity index (χ1n) is 5.81. The van der Waals surface area contributed by atoms with Crippen LogP contribution in [0.5, 0.6) is 0 Å². The lowest BCUT2D eigenvalue weighted by Crippen LogP contribution is -2.40. The van der Waals surface area contributed by atoms with Crippen LogP contribution in [-0.2, 0) is 10.3 Å². The highest BCUT2D eigenvalue weighted by atomic mass is 32.1. The van der Waals surface area contributed by atoms with Gasteiger partial charge >= 0.3 is 0 Å². The van der Waals surface area contributed by atoms with Gasteiger partial charge in [0.15, 0.2) is 0 Å². The molecule has 1 aromatic rings. The second-order valence-electron chi connectivity index (χ2n) is 4.67. The first-order chi connectivity index (χ1) is 7.70. The van der Waals surface area contributed by atoms with Crippen LogP contribution in [0.4, 0.5) is 5.00 Å². The SMILES string of the molecule is Cc1cc2c(s1)NC(=S)OC21CCCCC1. The van der Waals surface area contributed by atoms with Gasteiger partial charge in [-0.1, -0.05) is 6.42 Å². The van der Waals surface area contributed by atoms with E-state index in [1.807, 2.05) is 0 Å². The number of anilines is 1. The van der Waals surface area contributed by atoms with E-state index in [-0.39, 0.29) is 5.60 Å². The number of ether oxygens (including phenoxy) is 1. The molecule has 0 bridgehead atoms. The Hall–Kier alpha value is -0.610. The van der Waals surface area contributed by atoms with Crippen LogP contribution in [0.1, 0.15) is 42.5 Å². The summed E-state index contributed by atoms with van der Waals surface area (Å²) in [5, 5.41) is 4.94. The monoisotopic (exact) mass is 253 g/mol. The molecule has 1 fully saturated rings. The summed E-state index contributed by atoms with van der Waals surface area (Å²) in [6, 6.07) is 2.26. The van der Waals surface area contributed by atoms with Crippen molar-refractivity contribution in [2.45, 2.75) is 44.6 Å². The van der Waals surface area contributed by atoms with Crippen LogP contribution in [0.2, 0.25) is 0 Å². The van der Waals surface area contributed by atoms with Crippen molar-refractivity contribution in [3.05, 3.63) is 16.5 Å². The average Bonchev–Trinajstić information content (AvgIpc) is 2.60. The maximum atomic E-state index is 5.98. The summed E-state index contributed by atoms with van der Waals surface area (Å²) in [7, 11) is 0. The number of thiocarbonyl (C=S) groups is 1. The van der Waals surface area contributed by atoms with E-state index in [0.29, 0.717) is 5.17 Å². The first kappa shape index (κ1) is 10.5. The largest absolute Gasteiger partial charge is 0.459 e. The van der Waals surface area contributed by atoms with Gasteiger partial charge in [-0.15, -0.1) is 11.3 Å². The molecule has 0 aromatic carbocycles. The summed E-state index contributed by atoms with van der Waals surface area (Å²) < 4.78 is 5.98. The van der Waals surface area contributed by atoms with E-state index < -0.39 is 0 Å². The van der Waals surface area contributed by atoms with Gasteiger partial charge in [-0.25, -0.2) is 0 Å². The third-order valence-electron chi connectivity index (χ3n) is 3.51. The van der Waals surface area contributed by atoms with Crippen molar-refractivity contribution < 1.29 is 4.74 Å². The highest BCUT2D eigenvalue weighted by molar-refractivity contribution is 7.80. The third kappa shape index (κ3) is 1.55. The van der Waals surface area contributed by atoms with Crippen molar-refractivity contribution in [1.82, 2.24) is 0 Å². The van der Waals surface area contributed by atoms with E-state index >= 15 is 0 Å². The van der Waals surface area contributed by atoms with Crippen molar-refractivity contribution in [3.8, 4) is 0 Å². The Labute approximate surface area is 105 Å². The number of thiophene rings is 1. The maximum Gasteiger partial charge on any atom is 0.262 e. The molecule has 1 aromatic heterocycles. The molecule has 2 heterocycles. The fourth-order valence-corrected chi connectivity index (χ4v) is 4.11. The number of rotatable bonds is 0. The van der Waals surface area contributed by atoms with Gasteiger partial charge in [-0.3, -0.25) is 0 Å². The van der Waals surface area contributed by atoms with Crippen LogP contribution < -0.4 is 5.32 Å². The topological polar surface area (TPSA) is 21.3 Å². The predicted octanol–water partition coefficient (Wildman–Crippen LogP) is 3.94. The molecule has 2 nitrogen and oxygen atoms in total. The second kappa shape index (κ2) is 3.70. The first-order valence-corrected chi connectivity index (χ1v) is 7.03. The molecule has 86 valence electrons. The number of aryl methyl sites for hydroxylation is 1. The molecular formula is C12H15NOS2. The fourth-order valence-electron chi connectivity index (χ4n) is 2.79. The number of hydrogen-bond acceptors (Lipinski definition) is 3. The Morgan fingerprint density at radius 3 is 2.88 bits per heavy atom. The minimum atomic E-state index is -0.110. The van der Waals surface area contributed by atoms with Crippen molar-refractivity contribution in [2.24, 2.45) is 0 Å². The van der Waals surface area contributed by atoms with Crippen molar-refractivity contribution >= 4 is 33.7 Å². The summed E-state index contributed by atoms with van der Waals surface area (Å²) >= 11 is 7.00. The molecule has 16 heavy (non-hydrogen) atoms. The third-order valence-corrected chi connectivity index (χ3v) is 4.66. The normalized spacial score (nSPS) is 22.4. The lowest BCUT2D eigenvalue weighted by molar-refractivity contribution is 0.0146. The molecule has 0 radical (unpaired) electrons. The summed E-state index contributed by atoms with van der Waals surface area (Å²) in [6.45, 7) is 2.14. The molecule has 1 saturated carbocycles. The van der Waals surface area contributed by atoms with E-state index in [0.717, 1.165) is 12.8 Å². The Morgan fingerprint density at radius 1 is 1.38 bits per heavy atom. The molecule has 1 aliphatic heterocycles. The van der Waals surface area contributed by atoms with Gasteiger partial charge in [0.1, 0.15) is 10.6 Å². The zero-order chi connectivity index (χ0) is 11.2. The second-order valence-corrected chi connectivity index (χ2v) is 6.30. The summed E-state index contributed by atoms with van der Waals surface area (Å²) in [5.41, 5.74) is 1.23. The molecule has 0 saturated heterocycles. The average molecular weight is 253 g/mol. The fraction of sp³-hybridized carbons (Fsp3) is 0.583. The van der Waals surface area contributed by atoms with Crippen LogP contribution in [0.3, 0.4) is 0 Å². The van der Waals surface area contributed by atoms with Gasteiger partial charge in [0, 0.05) is 10.4 Å². The molecule has 2 aliphatic rings. The minimum absolute atomic E-state index is 0.110. The lowest BCUT2D eigenvalue weighted by Gasteiger charge is -2.40. The van der Waals surface area contributed by atoms with E-state index in [2.05, 4.69) is 18.3 Å². The summed E-state index contributed by atoms with van der Waals surface area (Å²) in [4.78, 5) is 1.33. The van der Waals surface area contributed by atoms with Crippen LogP contribution in [0.25, 0.3) is 0 Å². The smallest absolute Gasteiger partial charge is 0.262 e. The summed E-state index contributed by atoms with van der Waals surface area (Å²) in [5.74, 6) is 0. The maximum absolute atomic E-state index is 5.98. The molecule has 0 amide bonds. The number of hydrogen-bond donors (Lipinski definition) is 1. The van der Waals surface area contributed by atoms with E-state index in [4.69, 9.17) is 17.0 Å². The van der Waals surface area contributed by atoms with Gasteiger partial charge in [0.05, 0.1) is 0 Å². The van der Waals surface area contributed by atoms with Crippen molar-refractivity contribution in [1.29, 1.82) is 0 Å². The standard InChI is InChI=1S/C12H15NOS2/c1-8-7-9-10(16-8)13-11(15)14-12(9)5-3-2-4-6-12/h7H,2-6H2,1H3,(H,13,15). The van der Waals surface area contributed by atoms with Gasteiger partial charge in [-0.2, -0.15) is 0 Å². The quantitative estimate of drug-likeness (QED) is 0.708. The zero-order valence-corrected chi connectivity index (χ0v) is 11.0. The van der Waals surface area contributed by atoms with Gasteiger partial charge < -0.3 is 10.1 Å². The molecule has 3 rings (SSSR count). The van der Waals surface area contributed by atoms with E-state index in [1.54, 1.807) is 11.3 Å². The molecule has 1 aliphatic carbocycles. The zero-order valence-electron chi connectivity index (χ0n) is 9.34. The lowest BCUT2D eigenvalue weighted by atomic mass is 9.79. The molecule has 1 N–H and O–H groups in total. The number of fused-ring (bicyclic) bond motifs is 2. The Balaban J connectivity index is 2.08. The van der Waals surface area contributed by atoms with E-state index in [1.165, 1.54) is 34.7 Å². The molecule has 0 unspecified atom stereocenters. The predicted molar refractivity (Wildman–Crippen MR) is 71.1 cm³/mol. The van der Waals surface area contributed by atoms with E-state index in [9.17, 15) is 0 Å². The van der Waals surface area contributed by atoms with Crippen LogP contribution in [0.15, 0.2) is 6.07 Å². The van der Waals surface area contributed by atoms with Crippen LogP contribution in [-0.4, -0.2) is 5.17 Å². The molecule has 4 heteroatoms. The van der Waals surface area contributed by atoms with Crippen LogP contribution in [0, 0.1) is 6.92 Å². The van der Waals surface area contributed by atoms with Crippen molar-refractivity contribution in [3.63, 3.8) is 0 Å². The highest BCUT2D eigenvalue weighted by Gasteiger charge is 2.42. The Morgan fingerprint density at radius 2 is 2.12 bits per heavy atom.